The summed E-state index contributed by atoms with van der Waals surface area (Å²) in [6, 6.07) is 15.1. The Morgan fingerprint density at radius 3 is 2.41 bits per heavy atom. The first-order valence-electron chi connectivity index (χ1n) is 12.4. The van der Waals surface area contributed by atoms with E-state index in [4.69, 9.17) is 23.9 Å². The summed E-state index contributed by atoms with van der Waals surface area (Å²) in [6.45, 7) is 0.952. The fraction of sp³-hybridized carbons (Fsp3) is 0.250. The first-order chi connectivity index (χ1) is 19.0. The van der Waals surface area contributed by atoms with E-state index in [1.807, 2.05) is 18.2 Å². The maximum Gasteiger partial charge on any atom is 0.262 e. The predicted molar refractivity (Wildman–Crippen MR) is 142 cm³/mol. The number of carbonyl (C=O) groups excluding carboxylic acids is 1. The number of hydrogen-bond donors (Lipinski definition) is 1. The first-order valence-corrected chi connectivity index (χ1v) is 13.4. The van der Waals surface area contributed by atoms with Crippen LogP contribution in [0.4, 0.5) is 4.39 Å². The van der Waals surface area contributed by atoms with Crippen LogP contribution in [0, 0.1) is 5.82 Å². The van der Waals surface area contributed by atoms with Gasteiger partial charge in [-0.1, -0.05) is 30.0 Å². The molecule has 39 heavy (non-hydrogen) atoms. The lowest BCUT2D eigenvalue weighted by Gasteiger charge is -2.14. The number of fused-ring (bicyclic) bond motifs is 3. The van der Waals surface area contributed by atoms with E-state index in [1.54, 1.807) is 28.8 Å². The van der Waals surface area contributed by atoms with Crippen LogP contribution in [0.5, 0.6) is 23.0 Å². The van der Waals surface area contributed by atoms with Gasteiger partial charge in [0.2, 0.25) is 19.5 Å². The molecular weight excluding hydrogens is 525 g/mol. The highest BCUT2D eigenvalue weighted by Gasteiger charge is 2.20. The number of aromatic nitrogens is 2. The maximum atomic E-state index is 13.5. The monoisotopic (exact) mass is 549 g/mol. The van der Waals surface area contributed by atoms with Crippen molar-refractivity contribution < 1.29 is 28.1 Å². The largest absolute Gasteiger partial charge is 0.454 e. The van der Waals surface area contributed by atoms with Crippen molar-refractivity contribution in [1.82, 2.24) is 14.9 Å². The molecule has 1 aromatic heterocycles. The number of amides is 1. The standard InChI is InChI=1S/C28H24FN3O6S/c29-19-6-3-17(4-7-19)14-39-28-31-21-12-25-24(37-16-38-25)11-20(21)27(34)32(28)9-1-2-26(33)30-13-18-5-8-22-23(10-18)36-15-35-22/h3-8,10-12H,1-2,9,13-16H2,(H,30,33). The molecule has 2 aliphatic heterocycles. The minimum absolute atomic E-state index is 0.0907. The fourth-order valence-corrected chi connectivity index (χ4v) is 5.35. The average Bonchev–Trinajstić information content (AvgIpc) is 3.61. The van der Waals surface area contributed by atoms with Crippen LogP contribution in [0.1, 0.15) is 24.0 Å². The number of nitrogens with zero attached hydrogens (tertiary/aromatic N) is 2. The van der Waals surface area contributed by atoms with E-state index >= 15 is 0 Å². The van der Waals surface area contributed by atoms with Crippen molar-refractivity contribution >= 4 is 28.6 Å². The number of halogens is 1. The number of nitrogens with one attached hydrogen (secondary N) is 1. The summed E-state index contributed by atoms with van der Waals surface area (Å²) in [5.41, 5.74) is 2.08. The predicted octanol–water partition coefficient (Wildman–Crippen LogP) is 4.38. The normalized spacial score (nSPS) is 13.2. The Labute approximate surface area is 226 Å². The van der Waals surface area contributed by atoms with Gasteiger partial charge in [-0.2, -0.15) is 0 Å². The summed E-state index contributed by atoms with van der Waals surface area (Å²) in [7, 11) is 0. The van der Waals surface area contributed by atoms with Crippen LogP contribution in [0.25, 0.3) is 10.9 Å². The Morgan fingerprint density at radius 1 is 0.923 bits per heavy atom. The fourth-order valence-electron chi connectivity index (χ4n) is 4.36. The third kappa shape index (κ3) is 5.49. The molecule has 9 nitrogen and oxygen atoms in total. The molecule has 0 aliphatic carbocycles. The Hall–Kier alpha value is -4.25. The maximum absolute atomic E-state index is 13.5. The van der Waals surface area contributed by atoms with E-state index in [9.17, 15) is 14.0 Å². The molecule has 0 fully saturated rings. The number of ether oxygens (including phenoxy) is 4. The zero-order valence-corrected chi connectivity index (χ0v) is 21.6. The van der Waals surface area contributed by atoms with Gasteiger partial charge in [0.15, 0.2) is 28.2 Å². The second kappa shape index (κ2) is 10.9. The van der Waals surface area contributed by atoms with Crippen molar-refractivity contribution in [2.24, 2.45) is 0 Å². The molecule has 0 unspecified atom stereocenters. The molecule has 1 N–H and O–H groups in total. The average molecular weight is 550 g/mol. The SMILES string of the molecule is O=C(CCCn1c(SCc2ccc(F)cc2)nc2cc3c(cc2c1=O)OCO3)NCc1ccc2c(c1)OCO2. The van der Waals surface area contributed by atoms with Crippen molar-refractivity contribution in [2.75, 3.05) is 13.6 Å². The summed E-state index contributed by atoms with van der Waals surface area (Å²) in [6.07, 6.45) is 0.674. The summed E-state index contributed by atoms with van der Waals surface area (Å²) >= 11 is 1.38. The minimum Gasteiger partial charge on any atom is -0.454 e. The molecule has 4 aromatic rings. The van der Waals surface area contributed by atoms with E-state index in [2.05, 4.69) is 5.32 Å². The van der Waals surface area contributed by atoms with Gasteiger partial charge in [-0.15, -0.1) is 0 Å². The Morgan fingerprint density at radius 2 is 1.62 bits per heavy atom. The third-order valence-electron chi connectivity index (χ3n) is 6.41. The van der Waals surface area contributed by atoms with Crippen LogP contribution in [0.3, 0.4) is 0 Å². The molecule has 0 atom stereocenters. The lowest BCUT2D eigenvalue weighted by Crippen LogP contribution is -2.26. The quantitative estimate of drug-likeness (QED) is 0.243. The number of carbonyl (C=O) groups is 1. The molecular formula is C28H24FN3O6S. The summed E-state index contributed by atoms with van der Waals surface area (Å²) in [4.78, 5) is 30.8. The lowest BCUT2D eigenvalue weighted by molar-refractivity contribution is -0.121. The zero-order chi connectivity index (χ0) is 26.8. The van der Waals surface area contributed by atoms with Crippen LogP contribution >= 0.6 is 11.8 Å². The second-order valence-corrected chi connectivity index (χ2v) is 10.00. The zero-order valence-electron chi connectivity index (χ0n) is 20.8. The molecule has 3 heterocycles. The summed E-state index contributed by atoms with van der Waals surface area (Å²) in [5, 5.41) is 3.84. The number of hydrogen-bond acceptors (Lipinski definition) is 8. The van der Waals surface area contributed by atoms with Gasteiger partial charge < -0.3 is 24.3 Å². The molecule has 1 amide bonds. The Kier molecular flexibility index (Phi) is 6.97. The van der Waals surface area contributed by atoms with E-state index in [1.165, 1.54) is 23.9 Å². The molecule has 0 saturated carbocycles. The van der Waals surface area contributed by atoms with Crippen LogP contribution < -0.4 is 29.8 Å². The Balaban J connectivity index is 1.16. The highest BCUT2D eigenvalue weighted by atomic mass is 32.2. The van der Waals surface area contributed by atoms with E-state index in [0.717, 1.165) is 11.1 Å². The minimum atomic E-state index is -0.308. The third-order valence-corrected chi connectivity index (χ3v) is 7.45. The van der Waals surface area contributed by atoms with Gasteiger partial charge in [-0.25, -0.2) is 9.37 Å². The molecule has 0 bridgehead atoms. The van der Waals surface area contributed by atoms with Crippen molar-refractivity contribution in [2.45, 2.75) is 36.8 Å². The summed E-state index contributed by atoms with van der Waals surface area (Å²) < 4.78 is 36.5. The van der Waals surface area contributed by atoms with Gasteiger partial charge in [0.25, 0.3) is 5.56 Å². The first kappa shape index (κ1) is 25.1. The molecule has 0 spiro atoms. The van der Waals surface area contributed by atoms with E-state index in [-0.39, 0.29) is 37.3 Å². The van der Waals surface area contributed by atoms with Gasteiger partial charge >= 0.3 is 0 Å². The summed E-state index contributed by atoms with van der Waals surface area (Å²) in [5.74, 6) is 2.47. The van der Waals surface area contributed by atoms with E-state index in [0.29, 0.717) is 64.3 Å². The highest BCUT2D eigenvalue weighted by Crippen LogP contribution is 2.35. The molecule has 0 saturated heterocycles. The van der Waals surface area contributed by atoms with Crippen molar-refractivity contribution in [1.29, 1.82) is 0 Å². The topological polar surface area (TPSA) is 101 Å². The van der Waals surface area contributed by atoms with Crippen molar-refractivity contribution in [3.63, 3.8) is 0 Å². The van der Waals surface area contributed by atoms with Gasteiger partial charge in [0.1, 0.15) is 5.82 Å². The molecule has 11 heteroatoms. The molecule has 0 radical (unpaired) electrons. The van der Waals surface area contributed by atoms with Gasteiger partial charge in [-0.05, 0) is 47.9 Å². The van der Waals surface area contributed by atoms with Crippen LogP contribution in [-0.2, 0) is 23.6 Å². The smallest absolute Gasteiger partial charge is 0.262 e. The number of benzene rings is 3. The van der Waals surface area contributed by atoms with Crippen molar-refractivity contribution in [3.05, 3.63) is 81.9 Å². The second-order valence-electron chi connectivity index (χ2n) is 9.06. The van der Waals surface area contributed by atoms with Gasteiger partial charge in [0.05, 0.1) is 10.9 Å². The Bertz CT molecular complexity index is 1610. The molecule has 3 aromatic carbocycles. The van der Waals surface area contributed by atoms with Crippen LogP contribution in [-0.4, -0.2) is 29.0 Å². The molecule has 6 rings (SSSR count). The number of rotatable bonds is 9. The highest BCUT2D eigenvalue weighted by molar-refractivity contribution is 7.98. The van der Waals surface area contributed by atoms with Crippen LogP contribution in [0.15, 0.2) is 64.5 Å². The molecule has 200 valence electrons. The van der Waals surface area contributed by atoms with Crippen molar-refractivity contribution in [3.8, 4) is 23.0 Å². The van der Waals surface area contributed by atoms with Gasteiger partial charge in [0, 0.05) is 31.3 Å². The van der Waals surface area contributed by atoms with Crippen LogP contribution in [0.2, 0.25) is 0 Å². The molecule has 2 aliphatic rings. The number of thioether (sulfide) groups is 1. The lowest BCUT2D eigenvalue weighted by atomic mass is 10.2. The van der Waals surface area contributed by atoms with E-state index < -0.39 is 0 Å². The van der Waals surface area contributed by atoms with Gasteiger partial charge in [-0.3, -0.25) is 14.2 Å².